The largest absolute Gasteiger partial charge is 0.463 e. The van der Waals surface area contributed by atoms with E-state index in [0.29, 0.717) is 5.69 Å². The summed E-state index contributed by atoms with van der Waals surface area (Å²) in [6.07, 6.45) is 3.58. The summed E-state index contributed by atoms with van der Waals surface area (Å²) in [5.41, 5.74) is 1.43. The van der Waals surface area contributed by atoms with Crippen LogP contribution < -0.4 is 4.90 Å². The van der Waals surface area contributed by atoms with Gasteiger partial charge in [0.1, 0.15) is 6.04 Å². The van der Waals surface area contributed by atoms with Crippen LogP contribution in [0.5, 0.6) is 0 Å². The van der Waals surface area contributed by atoms with Crippen LogP contribution in [0.1, 0.15) is 29.8 Å². The number of esters is 2. The van der Waals surface area contributed by atoms with Crippen molar-refractivity contribution >= 4 is 35.2 Å². The molecule has 0 saturated carbocycles. The summed E-state index contributed by atoms with van der Waals surface area (Å²) in [6.45, 7) is 3.42. The molecule has 2 aromatic carbocycles. The minimum Gasteiger partial charge on any atom is -0.463 e. The molecule has 0 saturated heterocycles. The monoisotopic (exact) mass is 462 g/mol. The van der Waals surface area contributed by atoms with Gasteiger partial charge in [-0.05, 0) is 37.6 Å². The molecule has 0 radical (unpaired) electrons. The molecule has 2 aliphatic rings. The highest BCUT2D eigenvalue weighted by Gasteiger charge is 2.51. The Morgan fingerprint density at radius 1 is 0.941 bits per heavy atom. The predicted octanol–water partition coefficient (Wildman–Crippen LogP) is 3.48. The van der Waals surface area contributed by atoms with Gasteiger partial charge in [-0.2, -0.15) is 0 Å². The second-order valence-corrected chi connectivity index (χ2v) is 7.61. The molecule has 9 heteroatoms. The zero-order valence-electron chi connectivity index (χ0n) is 18.6. The number of nitro benzene ring substituents is 1. The van der Waals surface area contributed by atoms with E-state index in [0.717, 1.165) is 5.56 Å². The number of para-hydroxylation sites is 1. The van der Waals surface area contributed by atoms with E-state index in [-0.39, 0.29) is 35.6 Å². The lowest BCUT2D eigenvalue weighted by atomic mass is 9.95. The van der Waals surface area contributed by atoms with Crippen LogP contribution >= 0.6 is 0 Å². The van der Waals surface area contributed by atoms with Crippen LogP contribution in [0.3, 0.4) is 0 Å². The van der Waals surface area contributed by atoms with E-state index >= 15 is 0 Å². The van der Waals surface area contributed by atoms with Gasteiger partial charge in [-0.15, -0.1) is 0 Å². The summed E-state index contributed by atoms with van der Waals surface area (Å²) in [5, 5.41) is 11.0. The summed E-state index contributed by atoms with van der Waals surface area (Å²) < 4.78 is 10.5. The number of non-ortho nitro benzene ring substituents is 1. The smallest absolute Gasteiger partial charge is 0.337 e. The van der Waals surface area contributed by atoms with Gasteiger partial charge >= 0.3 is 11.9 Å². The Kier molecular flexibility index (Phi) is 6.27. The van der Waals surface area contributed by atoms with E-state index in [2.05, 4.69) is 0 Å². The highest BCUT2D eigenvalue weighted by atomic mass is 16.6. The highest BCUT2D eigenvalue weighted by molar-refractivity contribution is 6.16. The maximum Gasteiger partial charge on any atom is 0.337 e. The summed E-state index contributed by atoms with van der Waals surface area (Å²) in [6, 6.07) is 10.5. The number of nitrogens with zero attached hydrogens (tertiary/aromatic N) is 2. The lowest BCUT2D eigenvalue weighted by Gasteiger charge is -2.35. The van der Waals surface area contributed by atoms with Gasteiger partial charge in [0.25, 0.3) is 5.69 Å². The summed E-state index contributed by atoms with van der Waals surface area (Å²) in [5.74, 6) is -1.98. The molecule has 0 aliphatic carbocycles. The van der Waals surface area contributed by atoms with E-state index in [9.17, 15) is 24.5 Å². The molecule has 34 heavy (non-hydrogen) atoms. The first-order chi connectivity index (χ1) is 16.4. The van der Waals surface area contributed by atoms with Gasteiger partial charge in [0.15, 0.2) is 5.78 Å². The van der Waals surface area contributed by atoms with Crippen LogP contribution in [0, 0.1) is 10.1 Å². The van der Waals surface area contributed by atoms with Gasteiger partial charge in [0.2, 0.25) is 0 Å². The van der Waals surface area contributed by atoms with E-state index < -0.39 is 34.7 Å². The molecule has 0 aromatic heterocycles. The zero-order valence-corrected chi connectivity index (χ0v) is 18.6. The third-order valence-electron chi connectivity index (χ3n) is 5.71. The number of carbonyl (C=O) groups excluding carboxylic acids is 3. The fourth-order valence-electron chi connectivity index (χ4n) is 4.31. The van der Waals surface area contributed by atoms with Gasteiger partial charge in [-0.1, -0.05) is 30.4 Å². The second kappa shape index (κ2) is 9.30. The van der Waals surface area contributed by atoms with Crippen LogP contribution in [0.4, 0.5) is 11.4 Å². The number of Topliss-reactive ketones (excluding diaryl/α,β-unsaturated/α-hetero) is 1. The van der Waals surface area contributed by atoms with Crippen LogP contribution in [-0.2, 0) is 19.1 Å². The number of ether oxygens (including phenoxy) is 2. The molecule has 2 atom stereocenters. The van der Waals surface area contributed by atoms with Crippen LogP contribution in [0.15, 0.2) is 65.8 Å². The van der Waals surface area contributed by atoms with Gasteiger partial charge in [-0.25, -0.2) is 9.59 Å². The first kappa shape index (κ1) is 22.9. The minimum absolute atomic E-state index is 0.0475. The maximum atomic E-state index is 13.8. The first-order valence-electron chi connectivity index (χ1n) is 10.8. The summed E-state index contributed by atoms with van der Waals surface area (Å²) >= 11 is 0. The fraction of sp³-hybridized carbons (Fsp3) is 0.240. The van der Waals surface area contributed by atoms with E-state index in [1.54, 1.807) is 37.0 Å². The van der Waals surface area contributed by atoms with Crippen molar-refractivity contribution in [1.82, 2.24) is 0 Å². The number of anilines is 1. The normalized spacial score (nSPS) is 18.2. The topological polar surface area (TPSA) is 116 Å². The van der Waals surface area contributed by atoms with Crippen molar-refractivity contribution in [2.24, 2.45) is 0 Å². The van der Waals surface area contributed by atoms with Crippen molar-refractivity contribution in [1.29, 1.82) is 0 Å². The van der Waals surface area contributed by atoms with Crippen LogP contribution in [-0.4, -0.2) is 47.9 Å². The third-order valence-corrected chi connectivity index (χ3v) is 5.71. The van der Waals surface area contributed by atoms with Crippen molar-refractivity contribution in [2.75, 3.05) is 18.1 Å². The Morgan fingerprint density at radius 3 is 2.18 bits per heavy atom. The van der Waals surface area contributed by atoms with Gasteiger partial charge in [0.05, 0.1) is 35.3 Å². The molecule has 0 bridgehead atoms. The highest BCUT2D eigenvalue weighted by Crippen LogP contribution is 2.43. The molecule has 9 nitrogen and oxygen atoms in total. The molecular weight excluding hydrogens is 440 g/mol. The number of benzene rings is 2. The minimum atomic E-state index is -1.18. The Morgan fingerprint density at radius 2 is 1.56 bits per heavy atom. The number of ketones is 1. The van der Waals surface area contributed by atoms with E-state index in [4.69, 9.17) is 9.47 Å². The molecule has 0 amide bonds. The lowest BCUT2D eigenvalue weighted by molar-refractivity contribution is -0.384. The third kappa shape index (κ3) is 3.85. The number of carbonyl (C=O) groups is 3. The molecule has 0 N–H and O–H groups in total. The number of hydrogen-bond donors (Lipinski definition) is 0. The molecule has 2 heterocycles. The Hall–Kier alpha value is -4.27. The Labute approximate surface area is 195 Å². The standard InChI is InChI=1S/C25H22N2O7/c1-3-33-24(29)20-19-14-11-15-7-5-6-8-18(15)26(19)22(21(20)25(30)34-4-2)23(28)16-9-12-17(13-10-16)27(31)32/h5-14,19,22H,3-4H2,1-2H3. The molecule has 2 unspecified atom stereocenters. The van der Waals surface area contributed by atoms with Gasteiger partial charge in [0, 0.05) is 23.4 Å². The first-order valence-corrected chi connectivity index (χ1v) is 10.8. The zero-order chi connectivity index (χ0) is 24.4. The van der Waals surface area contributed by atoms with Crippen molar-refractivity contribution in [3.8, 4) is 0 Å². The molecule has 4 rings (SSSR count). The molecule has 0 fully saturated rings. The molecule has 174 valence electrons. The lowest BCUT2D eigenvalue weighted by Crippen LogP contribution is -2.45. The van der Waals surface area contributed by atoms with Crippen LogP contribution in [0.25, 0.3) is 6.08 Å². The fourth-order valence-corrected chi connectivity index (χ4v) is 4.31. The quantitative estimate of drug-likeness (QED) is 0.266. The Balaban J connectivity index is 1.91. The molecule has 2 aromatic rings. The number of fused-ring (bicyclic) bond motifs is 3. The average molecular weight is 462 g/mol. The van der Waals surface area contributed by atoms with Crippen molar-refractivity contribution < 1.29 is 28.8 Å². The Bertz CT molecular complexity index is 1230. The number of nitro groups is 1. The van der Waals surface area contributed by atoms with Crippen molar-refractivity contribution in [2.45, 2.75) is 25.9 Å². The average Bonchev–Trinajstić information content (AvgIpc) is 3.20. The maximum absolute atomic E-state index is 13.8. The number of rotatable bonds is 7. The van der Waals surface area contributed by atoms with E-state index in [1.165, 1.54) is 24.3 Å². The summed E-state index contributed by atoms with van der Waals surface area (Å²) in [4.78, 5) is 52.1. The van der Waals surface area contributed by atoms with Gasteiger partial charge in [-0.3, -0.25) is 14.9 Å². The SMILES string of the molecule is CCOC(=O)C1=C(C(=O)OCC)C(C(=O)c2ccc([N+](=O)[O-])cc2)N2c3ccccc3C=CC12. The number of hydrogen-bond acceptors (Lipinski definition) is 8. The van der Waals surface area contributed by atoms with Crippen molar-refractivity contribution in [3.63, 3.8) is 0 Å². The molecular formula is C25H22N2O7. The van der Waals surface area contributed by atoms with Gasteiger partial charge < -0.3 is 14.4 Å². The van der Waals surface area contributed by atoms with E-state index in [1.807, 2.05) is 18.2 Å². The second-order valence-electron chi connectivity index (χ2n) is 7.61. The van der Waals surface area contributed by atoms with Crippen molar-refractivity contribution in [3.05, 3.63) is 87.0 Å². The molecule has 2 aliphatic heterocycles. The van der Waals surface area contributed by atoms with Crippen LogP contribution in [0.2, 0.25) is 0 Å². The molecule has 0 spiro atoms. The summed E-state index contributed by atoms with van der Waals surface area (Å²) in [7, 11) is 0. The predicted molar refractivity (Wildman–Crippen MR) is 123 cm³/mol.